The molecule has 2 fully saturated rings. The number of fused-ring (bicyclic) bond motifs is 2. The number of nitrogens with zero attached hydrogens (tertiary/aromatic N) is 2. The summed E-state index contributed by atoms with van der Waals surface area (Å²) in [6.07, 6.45) is 3.23. The van der Waals surface area contributed by atoms with E-state index in [0.717, 1.165) is 23.6 Å². The highest BCUT2D eigenvalue weighted by Gasteiger charge is 2.58. The van der Waals surface area contributed by atoms with Crippen LogP contribution in [0.1, 0.15) is 57.8 Å². The fourth-order valence-corrected chi connectivity index (χ4v) is 4.55. The van der Waals surface area contributed by atoms with E-state index in [-0.39, 0.29) is 17.6 Å². The van der Waals surface area contributed by atoms with Crippen molar-refractivity contribution in [3.05, 3.63) is 30.0 Å². The standard InChI is InChI=1S/C25H33N3O5/c1-15(2)32-20-11-18-16(10-19(20)21(26)29)6-8-27-22(18)31-14-25-12-17(25)7-9-28(13-25)23(30)33-24(3,4)5/h6,8,10-11,15,17H,7,9,12-14H2,1-5H3,(H2,26,29). The normalized spacial score (nSPS) is 22.1. The number of aromatic nitrogens is 1. The molecule has 4 rings (SSSR count). The number of primary amides is 1. The van der Waals surface area contributed by atoms with Gasteiger partial charge in [-0.05, 0) is 77.0 Å². The van der Waals surface area contributed by atoms with Crippen LogP contribution in [0, 0.1) is 11.3 Å². The molecule has 2 unspecified atom stereocenters. The molecule has 8 nitrogen and oxygen atoms in total. The summed E-state index contributed by atoms with van der Waals surface area (Å²) in [5.74, 6) is 0.883. The average molecular weight is 456 g/mol. The third kappa shape index (κ3) is 4.99. The molecule has 2 heterocycles. The first-order chi connectivity index (χ1) is 15.5. The molecule has 2 N–H and O–H groups in total. The third-order valence-electron chi connectivity index (χ3n) is 6.22. The van der Waals surface area contributed by atoms with Crippen molar-refractivity contribution in [3.8, 4) is 11.6 Å². The van der Waals surface area contributed by atoms with Crippen molar-refractivity contribution in [2.75, 3.05) is 19.7 Å². The van der Waals surface area contributed by atoms with Crippen molar-refractivity contribution in [2.45, 2.75) is 59.2 Å². The van der Waals surface area contributed by atoms with Crippen LogP contribution in [0.25, 0.3) is 10.8 Å². The lowest BCUT2D eigenvalue weighted by molar-refractivity contribution is 0.0119. The van der Waals surface area contributed by atoms with Gasteiger partial charge in [-0.25, -0.2) is 9.78 Å². The SMILES string of the molecule is CC(C)Oc1cc2c(OCC34CC3CCN(C(=O)OC(C)(C)C)C4)nccc2cc1C(N)=O. The fourth-order valence-electron chi connectivity index (χ4n) is 4.55. The number of carbonyl (C=O) groups excluding carboxylic acids is 2. The number of benzene rings is 1. The van der Waals surface area contributed by atoms with E-state index in [2.05, 4.69) is 4.98 Å². The Morgan fingerprint density at radius 3 is 2.73 bits per heavy atom. The van der Waals surface area contributed by atoms with Crippen molar-refractivity contribution >= 4 is 22.8 Å². The van der Waals surface area contributed by atoms with Crippen LogP contribution in [-0.4, -0.2) is 53.3 Å². The Hall–Kier alpha value is -3.03. The van der Waals surface area contributed by atoms with Gasteiger partial charge in [-0.1, -0.05) is 0 Å². The van der Waals surface area contributed by atoms with Gasteiger partial charge in [0.2, 0.25) is 5.88 Å². The minimum atomic E-state index is -0.545. The zero-order valence-electron chi connectivity index (χ0n) is 20.0. The quantitative estimate of drug-likeness (QED) is 0.702. The topological polar surface area (TPSA) is 104 Å². The second kappa shape index (κ2) is 8.39. The van der Waals surface area contributed by atoms with Crippen molar-refractivity contribution in [2.24, 2.45) is 17.1 Å². The molecule has 1 aromatic heterocycles. The number of nitrogens with two attached hydrogens (primary N) is 1. The van der Waals surface area contributed by atoms with E-state index >= 15 is 0 Å². The molecule has 2 aromatic rings. The van der Waals surface area contributed by atoms with Crippen LogP contribution in [0.3, 0.4) is 0 Å². The number of rotatable bonds is 6. The smallest absolute Gasteiger partial charge is 0.410 e. The van der Waals surface area contributed by atoms with Gasteiger partial charge >= 0.3 is 6.09 Å². The Labute approximate surface area is 194 Å². The number of piperidine rings is 1. The summed E-state index contributed by atoms with van der Waals surface area (Å²) in [6.45, 7) is 11.2. The number of amides is 2. The molecular formula is C25H33N3O5. The minimum Gasteiger partial charge on any atom is -0.490 e. The van der Waals surface area contributed by atoms with Gasteiger partial charge in [-0.3, -0.25) is 4.79 Å². The maximum atomic E-state index is 12.6. The number of likely N-dealkylation sites (tertiary alicyclic amines) is 1. The highest BCUT2D eigenvalue weighted by molar-refractivity contribution is 6.01. The molecule has 2 amide bonds. The van der Waals surface area contributed by atoms with Crippen molar-refractivity contribution in [1.29, 1.82) is 0 Å². The predicted molar refractivity (Wildman–Crippen MR) is 124 cm³/mol. The van der Waals surface area contributed by atoms with Crippen LogP contribution in [0.5, 0.6) is 11.6 Å². The highest BCUT2D eigenvalue weighted by atomic mass is 16.6. The van der Waals surface area contributed by atoms with Crippen LogP contribution in [-0.2, 0) is 4.74 Å². The molecule has 1 saturated heterocycles. The van der Waals surface area contributed by atoms with E-state index in [4.69, 9.17) is 19.9 Å². The Kier molecular flexibility index (Phi) is 5.88. The molecule has 2 aliphatic rings. The monoisotopic (exact) mass is 455 g/mol. The van der Waals surface area contributed by atoms with Crippen LogP contribution in [0.15, 0.2) is 24.4 Å². The molecule has 0 radical (unpaired) electrons. The zero-order chi connectivity index (χ0) is 24.0. The third-order valence-corrected chi connectivity index (χ3v) is 6.22. The molecule has 0 spiro atoms. The van der Waals surface area contributed by atoms with Crippen LogP contribution < -0.4 is 15.2 Å². The molecule has 1 aliphatic heterocycles. The summed E-state index contributed by atoms with van der Waals surface area (Å²) in [5.41, 5.74) is 5.29. The van der Waals surface area contributed by atoms with Gasteiger partial charge in [0.15, 0.2) is 0 Å². The number of hydrogen-bond donors (Lipinski definition) is 1. The van der Waals surface area contributed by atoms with E-state index in [9.17, 15) is 9.59 Å². The molecule has 1 saturated carbocycles. The average Bonchev–Trinajstić information content (AvgIpc) is 3.44. The van der Waals surface area contributed by atoms with Crippen molar-refractivity contribution in [3.63, 3.8) is 0 Å². The summed E-state index contributed by atoms with van der Waals surface area (Å²) in [4.78, 5) is 30.8. The summed E-state index contributed by atoms with van der Waals surface area (Å²) < 4.78 is 17.6. The second-order valence-electron chi connectivity index (χ2n) is 10.5. The van der Waals surface area contributed by atoms with Gasteiger partial charge in [-0.2, -0.15) is 0 Å². The van der Waals surface area contributed by atoms with Crippen LogP contribution >= 0.6 is 0 Å². The summed E-state index contributed by atoms with van der Waals surface area (Å²) in [6, 6.07) is 5.30. The maximum Gasteiger partial charge on any atom is 0.410 e. The number of hydrogen-bond acceptors (Lipinski definition) is 6. The summed E-state index contributed by atoms with van der Waals surface area (Å²) >= 11 is 0. The fraction of sp³-hybridized carbons (Fsp3) is 0.560. The van der Waals surface area contributed by atoms with Gasteiger partial charge in [-0.15, -0.1) is 0 Å². The minimum absolute atomic E-state index is 0.0799. The lowest BCUT2D eigenvalue weighted by atomic mass is 9.98. The Bertz CT molecular complexity index is 1080. The Morgan fingerprint density at radius 1 is 1.30 bits per heavy atom. The van der Waals surface area contributed by atoms with E-state index in [1.165, 1.54) is 0 Å². The molecule has 1 aliphatic carbocycles. The molecule has 1 aromatic carbocycles. The predicted octanol–water partition coefficient (Wildman–Crippen LogP) is 4.15. The Balaban J connectivity index is 1.53. The molecule has 0 bridgehead atoms. The largest absolute Gasteiger partial charge is 0.490 e. The van der Waals surface area contributed by atoms with Gasteiger partial charge in [0, 0.05) is 30.1 Å². The molecular weight excluding hydrogens is 422 g/mol. The number of pyridine rings is 1. The first kappa shape index (κ1) is 23.1. The van der Waals surface area contributed by atoms with Crippen molar-refractivity contribution < 1.29 is 23.8 Å². The molecule has 8 heteroatoms. The first-order valence-corrected chi connectivity index (χ1v) is 11.5. The van der Waals surface area contributed by atoms with Crippen LogP contribution in [0.2, 0.25) is 0 Å². The van der Waals surface area contributed by atoms with E-state index in [0.29, 0.717) is 42.8 Å². The van der Waals surface area contributed by atoms with E-state index < -0.39 is 11.5 Å². The molecule has 33 heavy (non-hydrogen) atoms. The van der Waals surface area contributed by atoms with Crippen LogP contribution in [0.4, 0.5) is 4.79 Å². The van der Waals surface area contributed by atoms with Gasteiger partial charge < -0.3 is 24.8 Å². The second-order valence-corrected chi connectivity index (χ2v) is 10.5. The van der Waals surface area contributed by atoms with Gasteiger partial charge in [0.1, 0.15) is 11.4 Å². The van der Waals surface area contributed by atoms with Gasteiger partial charge in [0.25, 0.3) is 5.91 Å². The Morgan fingerprint density at radius 2 is 2.06 bits per heavy atom. The van der Waals surface area contributed by atoms with Gasteiger partial charge in [0.05, 0.1) is 18.3 Å². The van der Waals surface area contributed by atoms with E-state index in [1.807, 2.05) is 40.7 Å². The first-order valence-electron chi connectivity index (χ1n) is 11.5. The van der Waals surface area contributed by atoms with Crippen molar-refractivity contribution in [1.82, 2.24) is 9.88 Å². The molecule has 178 valence electrons. The lowest BCUT2D eigenvalue weighted by Crippen LogP contribution is -2.45. The summed E-state index contributed by atoms with van der Waals surface area (Å²) in [7, 11) is 0. The maximum absolute atomic E-state index is 12.6. The zero-order valence-corrected chi connectivity index (χ0v) is 20.0. The number of carbonyl (C=O) groups is 2. The molecule has 2 atom stereocenters. The number of ether oxygens (including phenoxy) is 3. The lowest BCUT2D eigenvalue weighted by Gasteiger charge is -2.34. The highest BCUT2D eigenvalue weighted by Crippen LogP contribution is 2.57. The summed E-state index contributed by atoms with van der Waals surface area (Å²) in [5, 5.41) is 1.56. The van der Waals surface area contributed by atoms with E-state index in [1.54, 1.807) is 23.2 Å².